The van der Waals surface area contributed by atoms with Crippen LogP contribution in [0.15, 0.2) is 16.5 Å². The maximum atomic E-state index is 5.25. The van der Waals surface area contributed by atoms with Gasteiger partial charge in [-0.25, -0.2) is 0 Å². The SMILES string of the molecule is Cc1ccc(C[AsH2])o1. The van der Waals surface area contributed by atoms with E-state index in [1.165, 1.54) is 0 Å². The first kappa shape index (κ1) is 5.97. The van der Waals surface area contributed by atoms with Gasteiger partial charge < -0.3 is 0 Å². The molecule has 0 aromatic carbocycles. The van der Waals surface area contributed by atoms with Crippen molar-refractivity contribution in [2.24, 2.45) is 0 Å². The van der Waals surface area contributed by atoms with Gasteiger partial charge in [0.2, 0.25) is 0 Å². The molecule has 2 heteroatoms. The average molecular weight is 172 g/mol. The molecule has 1 aromatic rings. The van der Waals surface area contributed by atoms with Crippen molar-refractivity contribution in [3.8, 4) is 0 Å². The standard InChI is InChI=1S/C6H9AsO/c1-5-2-3-6(4-7)8-5/h2-3H,4,7H2,1H3. The van der Waals surface area contributed by atoms with Crippen molar-refractivity contribution in [3.63, 3.8) is 0 Å². The van der Waals surface area contributed by atoms with E-state index in [1.54, 1.807) is 16.9 Å². The summed E-state index contributed by atoms with van der Waals surface area (Å²) in [5.74, 6) is 2.11. The van der Waals surface area contributed by atoms with Gasteiger partial charge in [0, 0.05) is 0 Å². The van der Waals surface area contributed by atoms with E-state index >= 15 is 0 Å². The topological polar surface area (TPSA) is 13.1 Å². The van der Waals surface area contributed by atoms with Crippen LogP contribution in [0.3, 0.4) is 0 Å². The summed E-state index contributed by atoms with van der Waals surface area (Å²) in [4.78, 5) is 0. The molecule has 1 rings (SSSR count). The van der Waals surface area contributed by atoms with Gasteiger partial charge in [0.15, 0.2) is 0 Å². The van der Waals surface area contributed by atoms with Gasteiger partial charge in [-0.15, -0.1) is 0 Å². The maximum absolute atomic E-state index is 5.25. The van der Waals surface area contributed by atoms with Crippen LogP contribution in [0, 0.1) is 6.92 Å². The molecule has 0 N–H and O–H groups in total. The Morgan fingerprint density at radius 1 is 1.62 bits per heavy atom. The number of hydrogen-bond donors (Lipinski definition) is 0. The zero-order valence-corrected chi connectivity index (χ0v) is 7.27. The van der Waals surface area contributed by atoms with E-state index in [4.69, 9.17) is 4.42 Å². The van der Waals surface area contributed by atoms with Crippen LogP contribution in [0.25, 0.3) is 0 Å². The summed E-state index contributed by atoms with van der Waals surface area (Å²) in [6, 6.07) is 4.02. The summed E-state index contributed by atoms with van der Waals surface area (Å²) in [5.41, 5.74) is 0. The van der Waals surface area contributed by atoms with E-state index in [0.29, 0.717) is 0 Å². The minimum atomic E-state index is 1.01. The Hall–Kier alpha value is -0.162. The Balaban J connectivity index is 2.84. The Kier molecular flexibility index (Phi) is 1.80. The second-order valence-electron chi connectivity index (χ2n) is 1.72. The zero-order chi connectivity index (χ0) is 5.98. The molecule has 8 heavy (non-hydrogen) atoms. The van der Waals surface area contributed by atoms with Crippen molar-refractivity contribution in [1.82, 2.24) is 0 Å². The third-order valence-electron chi connectivity index (χ3n) is 0.997. The summed E-state index contributed by atoms with van der Waals surface area (Å²) in [6.07, 6.45) is 0. The average Bonchev–Trinajstić information content (AvgIpc) is 2.14. The molecular weight excluding hydrogens is 163 g/mol. The Morgan fingerprint density at radius 3 is 2.62 bits per heavy atom. The zero-order valence-electron chi connectivity index (χ0n) is 4.85. The second-order valence-corrected chi connectivity index (χ2v) is 2.57. The number of hydrogen-bond acceptors (Lipinski definition) is 1. The Labute approximate surface area is 57.6 Å². The minimum absolute atomic E-state index is 1.01. The van der Waals surface area contributed by atoms with Gasteiger partial charge in [0.05, 0.1) is 0 Å². The molecule has 0 radical (unpaired) electrons. The van der Waals surface area contributed by atoms with E-state index in [9.17, 15) is 0 Å². The van der Waals surface area contributed by atoms with Crippen molar-refractivity contribution >= 4 is 16.9 Å². The van der Waals surface area contributed by atoms with Gasteiger partial charge in [-0.05, 0) is 0 Å². The Bertz CT molecular complexity index is 169. The fourth-order valence-electron chi connectivity index (χ4n) is 0.595. The molecular formula is C6H9AsO. The quantitative estimate of drug-likeness (QED) is 0.569. The van der Waals surface area contributed by atoms with Crippen LogP contribution in [0.1, 0.15) is 11.5 Å². The van der Waals surface area contributed by atoms with Gasteiger partial charge in [-0.1, -0.05) is 0 Å². The third kappa shape index (κ3) is 1.16. The van der Waals surface area contributed by atoms with E-state index in [-0.39, 0.29) is 0 Å². The molecule has 0 fully saturated rings. The number of furan rings is 1. The summed E-state index contributed by atoms with van der Waals surface area (Å²) in [7, 11) is 0. The molecule has 0 bridgehead atoms. The molecule has 0 saturated heterocycles. The molecule has 0 aliphatic carbocycles. The van der Waals surface area contributed by atoms with E-state index in [1.807, 2.05) is 19.1 Å². The predicted molar refractivity (Wildman–Crippen MR) is 35.7 cm³/mol. The molecule has 0 aliphatic rings. The molecule has 0 aliphatic heterocycles. The predicted octanol–water partition coefficient (Wildman–Crippen LogP) is 0.721. The molecule has 44 valence electrons. The van der Waals surface area contributed by atoms with Gasteiger partial charge in [-0.3, -0.25) is 0 Å². The monoisotopic (exact) mass is 172 g/mol. The number of aryl methyl sites for hydroxylation is 1. The normalized spacial score (nSPS) is 9.75. The first-order chi connectivity index (χ1) is 3.83. The summed E-state index contributed by atoms with van der Waals surface area (Å²) >= 11 is 1.68. The fraction of sp³-hybridized carbons (Fsp3) is 0.333. The third-order valence-corrected chi connectivity index (χ3v) is 1.84. The van der Waals surface area contributed by atoms with Crippen LogP contribution in [-0.2, 0) is 5.21 Å². The van der Waals surface area contributed by atoms with Crippen LogP contribution in [0.5, 0.6) is 0 Å². The van der Waals surface area contributed by atoms with Crippen molar-refractivity contribution < 1.29 is 4.42 Å². The first-order valence-corrected chi connectivity index (χ1v) is 4.29. The number of rotatable bonds is 1. The van der Waals surface area contributed by atoms with Crippen molar-refractivity contribution in [2.75, 3.05) is 0 Å². The van der Waals surface area contributed by atoms with Crippen LogP contribution in [0.4, 0.5) is 0 Å². The summed E-state index contributed by atoms with van der Waals surface area (Å²) in [5, 5.41) is 1.06. The first-order valence-electron chi connectivity index (χ1n) is 2.58. The Morgan fingerprint density at radius 2 is 2.38 bits per heavy atom. The van der Waals surface area contributed by atoms with E-state index in [2.05, 4.69) is 0 Å². The molecule has 0 saturated carbocycles. The molecule has 1 aromatic heterocycles. The van der Waals surface area contributed by atoms with Gasteiger partial charge in [-0.2, -0.15) is 0 Å². The molecule has 1 heterocycles. The van der Waals surface area contributed by atoms with Crippen LogP contribution < -0.4 is 0 Å². The summed E-state index contributed by atoms with van der Waals surface area (Å²) < 4.78 is 5.25. The fourth-order valence-corrected chi connectivity index (χ4v) is 1.06. The van der Waals surface area contributed by atoms with Crippen LogP contribution in [0.2, 0.25) is 0 Å². The molecule has 1 nitrogen and oxygen atoms in total. The van der Waals surface area contributed by atoms with Crippen molar-refractivity contribution in [1.29, 1.82) is 0 Å². The van der Waals surface area contributed by atoms with E-state index < -0.39 is 0 Å². The summed E-state index contributed by atoms with van der Waals surface area (Å²) in [6.45, 7) is 1.96. The molecule has 1 atom stereocenters. The molecule has 1 unspecified atom stereocenters. The van der Waals surface area contributed by atoms with Crippen LogP contribution in [-0.4, -0.2) is 16.9 Å². The van der Waals surface area contributed by atoms with Crippen LogP contribution >= 0.6 is 0 Å². The molecule has 0 spiro atoms. The molecule has 0 amide bonds. The second kappa shape index (κ2) is 2.41. The van der Waals surface area contributed by atoms with Gasteiger partial charge in [0.1, 0.15) is 0 Å². The van der Waals surface area contributed by atoms with E-state index in [0.717, 1.165) is 16.7 Å². The van der Waals surface area contributed by atoms with Crippen molar-refractivity contribution in [3.05, 3.63) is 23.7 Å². The van der Waals surface area contributed by atoms with Crippen molar-refractivity contribution in [2.45, 2.75) is 12.1 Å². The van der Waals surface area contributed by atoms with Gasteiger partial charge >= 0.3 is 57.1 Å². The van der Waals surface area contributed by atoms with Gasteiger partial charge in [0.25, 0.3) is 0 Å².